The minimum Gasteiger partial charge on any atom is -0.467 e. The second kappa shape index (κ2) is 7.49. The van der Waals surface area contributed by atoms with E-state index in [9.17, 15) is 9.90 Å². The van der Waals surface area contributed by atoms with Gasteiger partial charge in [0, 0.05) is 19.1 Å². The SMILES string of the molecule is CC1CCCN(C(=O)CN2CCCC2CC(O)c2ccco2)C1. The Morgan fingerprint density at radius 3 is 2.96 bits per heavy atom. The van der Waals surface area contributed by atoms with Gasteiger partial charge in [-0.3, -0.25) is 9.69 Å². The number of carbonyl (C=O) groups is 1. The van der Waals surface area contributed by atoms with Crippen LogP contribution in [0.3, 0.4) is 0 Å². The molecule has 3 atom stereocenters. The zero-order chi connectivity index (χ0) is 16.2. The van der Waals surface area contributed by atoms with E-state index in [4.69, 9.17) is 4.42 Å². The minimum absolute atomic E-state index is 0.246. The molecule has 128 valence electrons. The van der Waals surface area contributed by atoms with Crippen molar-refractivity contribution in [3.05, 3.63) is 24.2 Å². The monoisotopic (exact) mass is 320 g/mol. The van der Waals surface area contributed by atoms with Gasteiger partial charge in [-0.05, 0) is 56.7 Å². The van der Waals surface area contributed by atoms with Gasteiger partial charge < -0.3 is 14.4 Å². The van der Waals surface area contributed by atoms with Crippen molar-refractivity contribution in [1.82, 2.24) is 9.80 Å². The maximum Gasteiger partial charge on any atom is 0.236 e. The second-order valence-electron chi connectivity index (χ2n) is 7.12. The number of hydrogen-bond donors (Lipinski definition) is 1. The lowest BCUT2D eigenvalue weighted by Crippen LogP contribution is -2.46. The highest BCUT2D eigenvalue weighted by atomic mass is 16.4. The van der Waals surface area contributed by atoms with E-state index in [0.29, 0.717) is 24.6 Å². The lowest BCUT2D eigenvalue weighted by Gasteiger charge is -2.33. The third-order valence-corrected chi connectivity index (χ3v) is 5.21. The molecule has 1 N–H and O–H groups in total. The number of nitrogens with zero attached hydrogens (tertiary/aromatic N) is 2. The molecule has 1 aromatic rings. The number of amides is 1. The summed E-state index contributed by atoms with van der Waals surface area (Å²) >= 11 is 0. The number of aliphatic hydroxyl groups excluding tert-OH is 1. The largest absolute Gasteiger partial charge is 0.467 e. The van der Waals surface area contributed by atoms with E-state index in [0.717, 1.165) is 38.9 Å². The highest BCUT2D eigenvalue weighted by Crippen LogP contribution is 2.27. The molecule has 0 bridgehead atoms. The standard InChI is InChI=1S/C18H28N2O3/c1-14-5-2-9-20(12-14)18(22)13-19-8-3-6-15(19)11-16(21)17-7-4-10-23-17/h4,7,10,14-16,21H,2-3,5-6,8-9,11-13H2,1H3. The van der Waals surface area contributed by atoms with Crippen LogP contribution in [-0.4, -0.2) is 53.0 Å². The molecule has 2 fully saturated rings. The summed E-state index contributed by atoms with van der Waals surface area (Å²) in [6, 6.07) is 3.87. The van der Waals surface area contributed by atoms with Crippen LogP contribution in [0, 0.1) is 5.92 Å². The first kappa shape index (κ1) is 16.5. The third kappa shape index (κ3) is 4.15. The Morgan fingerprint density at radius 1 is 1.39 bits per heavy atom. The molecule has 1 amide bonds. The molecule has 0 radical (unpaired) electrons. The van der Waals surface area contributed by atoms with Crippen LogP contribution >= 0.6 is 0 Å². The molecule has 0 aromatic carbocycles. The lowest BCUT2D eigenvalue weighted by molar-refractivity contribution is -0.134. The topological polar surface area (TPSA) is 56.9 Å². The van der Waals surface area contributed by atoms with Crippen molar-refractivity contribution in [2.45, 2.75) is 51.2 Å². The smallest absolute Gasteiger partial charge is 0.236 e. The van der Waals surface area contributed by atoms with Gasteiger partial charge in [-0.25, -0.2) is 0 Å². The predicted molar refractivity (Wildman–Crippen MR) is 87.9 cm³/mol. The van der Waals surface area contributed by atoms with Crippen molar-refractivity contribution in [2.75, 3.05) is 26.2 Å². The normalized spacial score (nSPS) is 27.3. The zero-order valence-electron chi connectivity index (χ0n) is 14.0. The molecule has 0 aliphatic carbocycles. The molecule has 3 unspecified atom stereocenters. The number of rotatable bonds is 5. The molecule has 0 spiro atoms. The molecule has 23 heavy (non-hydrogen) atoms. The molecule has 2 aliphatic rings. The molecule has 2 aliphatic heterocycles. The number of piperidine rings is 1. The van der Waals surface area contributed by atoms with E-state index in [1.165, 1.54) is 6.42 Å². The van der Waals surface area contributed by atoms with Crippen LogP contribution in [0.1, 0.15) is 50.9 Å². The van der Waals surface area contributed by atoms with E-state index < -0.39 is 6.10 Å². The van der Waals surface area contributed by atoms with E-state index in [1.54, 1.807) is 12.3 Å². The molecule has 3 rings (SSSR count). The first-order chi connectivity index (χ1) is 11.1. The average molecular weight is 320 g/mol. The molecule has 3 heterocycles. The summed E-state index contributed by atoms with van der Waals surface area (Å²) in [6.45, 7) is 5.45. The summed E-state index contributed by atoms with van der Waals surface area (Å²) in [5.74, 6) is 1.48. The maximum atomic E-state index is 12.6. The van der Waals surface area contributed by atoms with Gasteiger partial charge in [0.15, 0.2) is 0 Å². The fourth-order valence-electron chi connectivity index (χ4n) is 3.91. The van der Waals surface area contributed by atoms with Crippen LogP contribution in [0.15, 0.2) is 22.8 Å². The fourth-order valence-corrected chi connectivity index (χ4v) is 3.91. The highest BCUT2D eigenvalue weighted by molar-refractivity contribution is 5.78. The van der Waals surface area contributed by atoms with Gasteiger partial charge >= 0.3 is 0 Å². The fraction of sp³-hybridized carbons (Fsp3) is 0.722. The molecule has 1 aromatic heterocycles. The Bertz CT molecular complexity index is 502. The summed E-state index contributed by atoms with van der Waals surface area (Å²) in [5, 5.41) is 10.3. The Morgan fingerprint density at radius 2 is 2.22 bits per heavy atom. The van der Waals surface area contributed by atoms with Crippen molar-refractivity contribution < 1.29 is 14.3 Å². The lowest BCUT2D eigenvalue weighted by atomic mass is 10.0. The van der Waals surface area contributed by atoms with E-state index in [1.807, 2.05) is 11.0 Å². The van der Waals surface area contributed by atoms with Gasteiger partial charge in [-0.1, -0.05) is 6.92 Å². The summed E-state index contributed by atoms with van der Waals surface area (Å²) in [5.41, 5.74) is 0. The van der Waals surface area contributed by atoms with Gasteiger partial charge in [-0.2, -0.15) is 0 Å². The molecule has 2 saturated heterocycles. The summed E-state index contributed by atoms with van der Waals surface area (Å²) in [6.07, 6.45) is 6.13. The van der Waals surface area contributed by atoms with E-state index in [2.05, 4.69) is 11.8 Å². The Labute approximate surface area is 138 Å². The maximum absolute atomic E-state index is 12.6. The van der Waals surface area contributed by atoms with Crippen molar-refractivity contribution in [3.8, 4) is 0 Å². The first-order valence-corrected chi connectivity index (χ1v) is 8.87. The zero-order valence-corrected chi connectivity index (χ0v) is 14.0. The van der Waals surface area contributed by atoms with Gasteiger partial charge in [0.05, 0.1) is 12.8 Å². The highest BCUT2D eigenvalue weighted by Gasteiger charge is 2.31. The van der Waals surface area contributed by atoms with Crippen molar-refractivity contribution in [3.63, 3.8) is 0 Å². The molecular formula is C18H28N2O3. The predicted octanol–water partition coefficient (Wildman–Crippen LogP) is 2.43. The van der Waals surface area contributed by atoms with Crippen molar-refractivity contribution >= 4 is 5.91 Å². The van der Waals surface area contributed by atoms with Gasteiger partial charge in [-0.15, -0.1) is 0 Å². The molecule has 0 saturated carbocycles. The Balaban J connectivity index is 1.53. The number of hydrogen-bond acceptors (Lipinski definition) is 4. The van der Waals surface area contributed by atoms with Crippen LogP contribution in [0.5, 0.6) is 0 Å². The van der Waals surface area contributed by atoms with Crippen LogP contribution < -0.4 is 0 Å². The number of aliphatic hydroxyl groups is 1. The van der Waals surface area contributed by atoms with Crippen LogP contribution in [0.25, 0.3) is 0 Å². The van der Waals surface area contributed by atoms with Crippen LogP contribution in [-0.2, 0) is 4.79 Å². The summed E-state index contributed by atoms with van der Waals surface area (Å²) in [7, 11) is 0. The average Bonchev–Trinajstić information content (AvgIpc) is 3.19. The van der Waals surface area contributed by atoms with Gasteiger partial charge in [0.1, 0.15) is 11.9 Å². The van der Waals surface area contributed by atoms with Gasteiger partial charge in [0.25, 0.3) is 0 Å². The Hall–Kier alpha value is -1.33. The number of carbonyl (C=O) groups excluding carboxylic acids is 1. The summed E-state index contributed by atoms with van der Waals surface area (Å²) < 4.78 is 5.29. The quantitative estimate of drug-likeness (QED) is 0.905. The third-order valence-electron chi connectivity index (χ3n) is 5.21. The van der Waals surface area contributed by atoms with E-state index >= 15 is 0 Å². The number of furan rings is 1. The first-order valence-electron chi connectivity index (χ1n) is 8.87. The Kier molecular flexibility index (Phi) is 5.38. The minimum atomic E-state index is -0.583. The van der Waals surface area contributed by atoms with Gasteiger partial charge in [0.2, 0.25) is 5.91 Å². The van der Waals surface area contributed by atoms with Crippen molar-refractivity contribution in [1.29, 1.82) is 0 Å². The molecule has 5 heteroatoms. The molecule has 5 nitrogen and oxygen atoms in total. The molecular weight excluding hydrogens is 292 g/mol. The second-order valence-corrected chi connectivity index (χ2v) is 7.12. The van der Waals surface area contributed by atoms with Crippen molar-refractivity contribution in [2.24, 2.45) is 5.92 Å². The van der Waals surface area contributed by atoms with Crippen LogP contribution in [0.4, 0.5) is 0 Å². The summed E-state index contributed by atoms with van der Waals surface area (Å²) in [4.78, 5) is 16.8. The van der Waals surface area contributed by atoms with Crippen LogP contribution in [0.2, 0.25) is 0 Å². The number of likely N-dealkylation sites (tertiary alicyclic amines) is 2. The van der Waals surface area contributed by atoms with E-state index in [-0.39, 0.29) is 11.9 Å².